The maximum Gasteiger partial charge on any atom is 0.324 e. The summed E-state index contributed by atoms with van der Waals surface area (Å²) in [6, 6.07) is 16.6. The third kappa shape index (κ3) is 6.98. The number of aromatic amines is 1. The van der Waals surface area contributed by atoms with Gasteiger partial charge in [0.25, 0.3) is 0 Å². The number of urea groups is 1. The molecule has 0 fully saturated rings. The van der Waals surface area contributed by atoms with Gasteiger partial charge in [0.15, 0.2) is 0 Å². The first kappa shape index (κ1) is 26.2. The van der Waals surface area contributed by atoms with Crippen LogP contribution in [0.5, 0.6) is 0 Å². The normalized spacial score (nSPS) is 11.2. The van der Waals surface area contributed by atoms with Crippen LogP contribution in [0.25, 0.3) is 0 Å². The molecule has 1 atom stereocenters. The molecule has 0 radical (unpaired) electrons. The maximum absolute atomic E-state index is 13.7. The van der Waals surface area contributed by atoms with Gasteiger partial charge in [-0.3, -0.25) is 4.90 Å². The zero-order valence-electron chi connectivity index (χ0n) is 18.9. The number of H-pyrrole nitrogens is 1. The number of benzene rings is 2. The Morgan fingerprint density at radius 1 is 1.21 bits per heavy atom. The van der Waals surface area contributed by atoms with E-state index < -0.39 is 0 Å². The number of carbonyl (C=O) groups is 1. The lowest BCUT2D eigenvalue weighted by molar-refractivity contribution is 0.178. The average Bonchev–Trinajstić information content (AvgIpc) is 3.35. The van der Waals surface area contributed by atoms with Crippen molar-refractivity contribution in [2.45, 2.75) is 38.6 Å². The Hall–Kier alpha value is -3.01. The number of hydrogen-bond donors (Lipinski definition) is 1. The van der Waals surface area contributed by atoms with Crippen LogP contribution in [0.3, 0.4) is 0 Å². The van der Waals surface area contributed by atoms with Gasteiger partial charge in [0.1, 0.15) is 0 Å². The first-order valence-electron chi connectivity index (χ1n) is 10.8. The molecule has 3 aromatic rings. The highest BCUT2D eigenvalue weighted by Crippen LogP contribution is 2.28. The fourth-order valence-electron chi connectivity index (χ4n) is 3.68. The number of halogens is 2. The third-order valence-corrected chi connectivity index (χ3v) is 5.73. The molecule has 2 amide bonds. The van der Waals surface area contributed by atoms with Gasteiger partial charge in [0.2, 0.25) is 0 Å². The van der Waals surface area contributed by atoms with E-state index >= 15 is 0 Å². The van der Waals surface area contributed by atoms with Crippen LogP contribution in [0.1, 0.15) is 49.0 Å². The van der Waals surface area contributed by atoms with E-state index in [-0.39, 0.29) is 24.5 Å². The van der Waals surface area contributed by atoms with Crippen LogP contribution >= 0.6 is 24.0 Å². The molecule has 0 aliphatic heterocycles. The van der Waals surface area contributed by atoms with Crippen LogP contribution in [-0.2, 0) is 6.42 Å². The molecule has 1 unspecified atom stereocenters. The smallest absolute Gasteiger partial charge is 0.324 e. The van der Waals surface area contributed by atoms with Gasteiger partial charge in [-0.1, -0.05) is 49.6 Å². The highest BCUT2D eigenvalue weighted by atomic mass is 35.5. The summed E-state index contributed by atoms with van der Waals surface area (Å²) in [5.41, 5.74) is 3.27. The second-order valence-corrected chi connectivity index (χ2v) is 8.19. The van der Waals surface area contributed by atoms with E-state index in [2.05, 4.69) is 23.0 Å². The van der Waals surface area contributed by atoms with Gasteiger partial charge in [-0.25, -0.2) is 9.78 Å². The van der Waals surface area contributed by atoms with Crippen molar-refractivity contribution < 1.29 is 4.79 Å². The number of rotatable bonds is 9. The quantitative estimate of drug-likeness (QED) is 0.356. The van der Waals surface area contributed by atoms with Crippen LogP contribution in [0.2, 0.25) is 5.02 Å². The topological polar surface area (TPSA) is 76.0 Å². The van der Waals surface area contributed by atoms with Crippen molar-refractivity contribution in [1.29, 1.82) is 5.26 Å². The minimum Gasteiger partial charge on any atom is -0.347 e. The minimum absolute atomic E-state index is 0. The van der Waals surface area contributed by atoms with Gasteiger partial charge in [0.05, 0.1) is 35.9 Å². The number of nitrogens with zero attached hydrogens (tertiary/aromatic N) is 4. The Kier molecular flexibility index (Phi) is 10.2. The number of carbonyl (C=O) groups excluding carboxylic acids is 1. The Morgan fingerprint density at radius 2 is 1.97 bits per heavy atom. The number of hydrogen-bond acceptors (Lipinski definition) is 3. The number of amides is 2. The maximum atomic E-state index is 13.7. The Balaban J connectivity index is 0.00000385. The van der Waals surface area contributed by atoms with Crippen molar-refractivity contribution in [2.24, 2.45) is 0 Å². The van der Waals surface area contributed by atoms with E-state index in [4.69, 9.17) is 16.9 Å². The molecular weight excluding hydrogens is 457 g/mol. The first-order valence-corrected chi connectivity index (χ1v) is 11.2. The molecule has 0 aliphatic carbocycles. The van der Waals surface area contributed by atoms with Gasteiger partial charge in [-0.15, -0.1) is 12.4 Å². The summed E-state index contributed by atoms with van der Waals surface area (Å²) in [6.45, 7) is 2.77. The molecule has 8 heteroatoms. The fraction of sp³-hybridized carbons (Fsp3) is 0.320. The lowest BCUT2D eigenvalue weighted by Gasteiger charge is -2.35. The molecule has 0 saturated heterocycles. The summed E-state index contributed by atoms with van der Waals surface area (Å²) in [5.74, 6) is 0. The minimum atomic E-state index is -0.226. The fourth-order valence-corrected chi connectivity index (χ4v) is 3.86. The van der Waals surface area contributed by atoms with Crippen molar-refractivity contribution in [2.75, 3.05) is 18.5 Å². The molecule has 0 bridgehead atoms. The van der Waals surface area contributed by atoms with E-state index in [9.17, 15) is 4.79 Å². The van der Waals surface area contributed by atoms with Crippen molar-refractivity contribution in [1.82, 2.24) is 14.9 Å². The van der Waals surface area contributed by atoms with Gasteiger partial charge < -0.3 is 9.88 Å². The van der Waals surface area contributed by atoms with Crippen LogP contribution in [0.15, 0.2) is 61.1 Å². The highest BCUT2D eigenvalue weighted by molar-refractivity contribution is 6.30. The van der Waals surface area contributed by atoms with Gasteiger partial charge in [-0.2, -0.15) is 5.26 Å². The number of aromatic nitrogens is 2. The molecule has 6 nitrogen and oxygen atoms in total. The summed E-state index contributed by atoms with van der Waals surface area (Å²) in [5, 5.41) is 9.69. The molecule has 1 N–H and O–H groups in total. The molecule has 1 aromatic heterocycles. The van der Waals surface area contributed by atoms with Crippen molar-refractivity contribution in [3.8, 4) is 6.07 Å². The zero-order chi connectivity index (χ0) is 22.9. The van der Waals surface area contributed by atoms with Gasteiger partial charge in [0, 0.05) is 24.3 Å². The summed E-state index contributed by atoms with van der Waals surface area (Å²) in [7, 11) is 1.77. The summed E-state index contributed by atoms with van der Waals surface area (Å²) in [4.78, 5) is 24.6. The zero-order valence-corrected chi connectivity index (χ0v) is 20.4. The number of nitriles is 1. The molecule has 174 valence electrons. The SMILES string of the molecule is CCCCCN(C(=O)N(C)c1cccc(Cl)c1)C(Cc1ccc(C#N)cc1)c1cnc[nH]1.Cl. The van der Waals surface area contributed by atoms with Crippen molar-refractivity contribution in [3.05, 3.63) is 82.9 Å². The van der Waals surface area contributed by atoms with Crippen molar-refractivity contribution in [3.63, 3.8) is 0 Å². The predicted octanol–water partition coefficient (Wildman–Crippen LogP) is 6.39. The average molecular weight is 486 g/mol. The van der Waals surface area contributed by atoms with E-state index in [0.29, 0.717) is 23.6 Å². The lowest BCUT2D eigenvalue weighted by atomic mass is 10.0. The molecule has 33 heavy (non-hydrogen) atoms. The molecule has 0 aliphatic rings. The second-order valence-electron chi connectivity index (χ2n) is 7.76. The number of nitrogens with one attached hydrogen (secondary N) is 1. The largest absolute Gasteiger partial charge is 0.347 e. The van der Waals surface area contributed by atoms with E-state index in [0.717, 1.165) is 36.2 Å². The molecule has 1 heterocycles. The summed E-state index contributed by atoms with van der Waals surface area (Å²) < 4.78 is 0. The van der Waals surface area contributed by atoms with Crippen LogP contribution in [0.4, 0.5) is 10.5 Å². The molecule has 2 aromatic carbocycles. The Bertz CT molecular complexity index is 1050. The van der Waals surface area contributed by atoms with Crippen LogP contribution in [-0.4, -0.2) is 34.5 Å². The Labute approximate surface area is 206 Å². The van der Waals surface area contributed by atoms with Crippen LogP contribution < -0.4 is 4.90 Å². The van der Waals surface area contributed by atoms with E-state index in [1.165, 1.54) is 0 Å². The predicted molar refractivity (Wildman–Crippen MR) is 135 cm³/mol. The monoisotopic (exact) mass is 485 g/mol. The number of imidazole rings is 1. The molecular formula is C25H29Cl2N5O. The number of unbranched alkanes of at least 4 members (excludes halogenated alkanes) is 2. The molecule has 0 saturated carbocycles. The Morgan fingerprint density at radius 3 is 2.58 bits per heavy atom. The molecule has 3 rings (SSSR count). The van der Waals surface area contributed by atoms with Gasteiger partial charge >= 0.3 is 6.03 Å². The second kappa shape index (κ2) is 12.9. The van der Waals surface area contributed by atoms with E-state index in [1.807, 2.05) is 29.2 Å². The van der Waals surface area contributed by atoms with Crippen LogP contribution in [0, 0.1) is 11.3 Å². The lowest BCUT2D eigenvalue weighted by Crippen LogP contribution is -2.44. The standard InChI is InChI=1S/C25H28ClN5O.ClH/c1-3-4-5-13-31(25(32)30(2)22-8-6-7-21(26)15-22)24(23-17-28-18-29-23)14-19-9-11-20(16-27)12-10-19;/h6-12,15,17-18,24H,3-5,13-14H2,1-2H3,(H,28,29);1H. The number of anilines is 1. The van der Waals surface area contributed by atoms with Crippen molar-refractivity contribution >= 4 is 35.7 Å². The van der Waals surface area contributed by atoms with E-state index in [1.54, 1.807) is 48.7 Å². The third-order valence-electron chi connectivity index (χ3n) is 5.50. The summed E-state index contributed by atoms with van der Waals surface area (Å²) >= 11 is 6.16. The van der Waals surface area contributed by atoms with Gasteiger partial charge in [-0.05, 0) is 48.7 Å². The molecule has 0 spiro atoms. The first-order chi connectivity index (χ1) is 15.5. The summed E-state index contributed by atoms with van der Waals surface area (Å²) in [6.07, 6.45) is 7.02. The highest BCUT2D eigenvalue weighted by Gasteiger charge is 2.29.